The Morgan fingerprint density at radius 1 is 1.00 bits per heavy atom. The van der Waals surface area contributed by atoms with E-state index >= 15 is 0 Å². The fourth-order valence-electron chi connectivity index (χ4n) is 3.05. The molecule has 0 bridgehead atoms. The van der Waals surface area contributed by atoms with Crippen LogP contribution in [0.4, 0.5) is 5.69 Å². The molecule has 0 aliphatic heterocycles. The molecule has 1 aliphatic rings. The average molecular weight is 337 g/mol. The molecule has 25 heavy (non-hydrogen) atoms. The van der Waals surface area contributed by atoms with E-state index in [1.807, 2.05) is 32.0 Å². The summed E-state index contributed by atoms with van der Waals surface area (Å²) < 4.78 is 0. The standard InChI is InChI=1S/C20H23N3O2/c1-13-7-8-17(11-14(13)2)23-20(25)18-12-15(9-10-21-18)19(24)22-16-5-3-4-6-16/h7-12,16H,3-6H2,1-2H3,(H,22,24)(H,23,25). The second-order valence-electron chi connectivity index (χ2n) is 6.64. The summed E-state index contributed by atoms with van der Waals surface area (Å²) in [6, 6.07) is 9.16. The molecule has 1 aliphatic carbocycles. The van der Waals surface area contributed by atoms with Gasteiger partial charge in [0, 0.05) is 23.5 Å². The average Bonchev–Trinajstić information content (AvgIpc) is 3.11. The Morgan fingerprint density at radius 2 is 1.76 bits per heavy atom. The van der Waals surface area contributed by atoms with Gasteiger partial charge in [0.05, 0.1) is 0 Å². The Labute approximate surface area is 147 Å². The summed E-state index contributed by atoms with van der Waals surface area (Å²) in [5, 5.41) is 5.86. The van der Waals surface area contributed by atoms with Crippen LogP contribution < -0.4 is 10.6 Å². The fraction of sp³-hybridized carbons (Fsp3) is 0.350. The van der Waals surface area contributed by atoms with Crippen molar-refractivity contribution in [2.75, 3.05) is 5.32 Å². The normalized spacial score (nSPS) is 14.3. The molecule has 1 fully saturated rings. The third-order valence-electron chi connectivity index (χ3n) is 4.71. The van der Waals surface area contributed by atoms with Crippen molar-refractivity contribution in [3.63, 3.8) is 0 Å². The van der Waals surface area contributed by atoms with Crippen molar-refractivity contribution in [2.24, 2.45) is 0 Å². The van der Waals surface area contributed by atoms with E-state index in [9.17, 15) is 9.59 Å². The van der Waals surface area contributed by atoms with Crippen LogP contribution in [0.15, 0.2) is 36.5 Å². The molecule has 1 aromatic carbocycles. The lowest BCUT2D eigenvalue weighted by molar-refractivity contribution is 0.0937. The number of rotatable bonds is 4. The van der Waals surface area contributed by atoms with E-state index in [4.69, 9.17) is 0 Å². The first kappa shape index (κ1) is 17.1. The zero-order chi connectivity index (χ0) is 17.8. The van der Waals surface area contributed by atoms with Gasteiger partial charge in [-0.15, -0.1) is 0 Å². The van der Waals surface area contributed by atoms with Crippen LogP contribution in [-0.2, 0) is 0 Å². The molecule has 2 N–H and O–H groups in total. The van der Waals surface area contributed by atoms with Crippen LogP contribution in [0.1, 0.15) is 57.7 Å². The molecule has 5 nitrogen and oxygen atoms in total. The lowest BCUT2D eigenvalue weighted by Crippen LogP contribution is -2.32. The molecule has 5 heteroatoms. The predicted octanol–water partition coefficient (Wildman–Crippen LogP) is 3.62. The summed E-state index contributed by atoms with van der Waals surface area (Å²) in [4.78, 5) is 28.9. The number of aromatic nitrogens is 1. The Hall–Kier alpha value is -2.69. The van der Waals surface area contributed by atoms with Crippen molar-refractivity contribution in [2.45, 2.75) is 45.6 Å². The number of hydrogen-bond acceptors (Lipinski definition) is 3. The van der Waals surface area contributed by atoms with Gasteiger partial charge in [-0.1, -0.05) is 18.9 Å². The van der Waals surface area contributed by atoms with Gasteiger partial charge in [-0.05, 0) is 62.1 Å². The first-order chi connectivity index (χ1) is 12.0. The maximum atomic E-state index is 12.4. The maximum Gasteiger partial charge on any atom is 0.274 e. The highest BCUT2D eigenvalue weighted by Gasteiger charge is 2.19. The Bertz CT molecular complexity index is 795. The minimum atomic E-state index is -0.321. The van der Waals surface area contributed by atoms with E-state index in [-0.39, 0.29) is 23.6 Å². The smallest absolute Gasteiger partial charge is 0.274 e. The molecule has 0 saturated heterocycles. The van der Waals surface area contributed by atoms with Crippen LogP contribution in [0, 0.1) is 13.8 Å². The fourth-order valence-corrected chi connectivity index (χ4v) is 3.05. The number of nitrogens with zero attached hydrogens (tertiary/aromatic N) is 1. The molecule has 2 amide bonds. The number of anilines is 1. The van der Waals surface area contributed by atoms with E-state index in [1.54, 1.807) is 12.1 Å². The van der Waals surface area contributed by atoms with Crippen molar-refractivity contribution in [3.8, 4) is 0 Å². The number of pyridine rings is 1. The lowest BCUT2D eigenvalue weighted by Gasteiger charge is -2.12. The van der Waals surface area contributed by atoms with E-state index in [0.29, 0.717) is 5.56 Å². The number of hydrogen-bond donors (Lipinski definition) is 2. The van der Waals surface area contributed by atoms with Gasteiger partial charge in [0.25, 0.3) is 11.8 Å². The van der Waals surface area contributed by atoms with E-state index in [2.05, 4.69) is 15.6 Å². The maximum absolute atomic E-state index is 12.4. The number of carbonyl (C=O) groups excluding carboxylic acids is 2. The quantitative estimate of drug-likeness (QED) is 0.895. The number of carbonyl (C=O) groups is 2. The lowest BCUT2D eigenvalue weighted by atomic mass is 10.1. The molecule has 3 rings (SSSR count). The van der Waals surface area contributed by atoms with Gasteiger partial charge in [0.1, 0.15) is 5.69 Å². The zero-order valence-electron chi connectivity index (χ0n) is 14.6. The van der Waals surface area contributed by atoms with Crippen molar-refractivity contribution < 1.29 is 9.59 Å². The van der Waals surface area contributed by atoms with Crippen molar-refractivity contribution in [3.05, 3.63) is 58.9 Å². The third kappa shape index (κ3) is 4.24. The topological polar surface area (TPSA) is 71.1 Å². The number of nitrogens with one attached hydrogen (secondary N) is 2. The first-order valence-corrected chi connectivity index (χ1v) is 8.68. The Kier molecular flexibility index (Phi) is 5.12. The molecule has 0 spiro atoms. The summed E-state index contributed by atoms with van der Waals surface area (Å²) in [7, 11) is 0. The van der Waals surface area contributed by atoms with Gasteiger partial charge in [0.2, 0.25) is 0 Å². The monoisotopic (exact) mass is 337 g/mol. The second-order valence-corrected chi connectivity index (χ2v) is 6.64. The van der Waals surface area contributed by atoms with Gasteiger partial charge in [0.15, 0.2) is 0 Å². The van der Waals surface area contributed by atoms with Gasteiger partial charge in [-0.3, -0.25) is 14.6 Å². The summed E-state index contributed by atoms with van der Waals surface area (Å²) in [5.74, 6) is -0.465. The molecule has 0 atom stereocenters. The van der Waals surface area contributed by atoms with Crippen LogP contribution >= 0.6 is 0 Å². The summed E-state index contributed by atoms with van der Waals surface area (Å²) >= 11 is 0. The molecule has 130 valence electrons. The van der Waals surface area contributed by atoms with Gasteiger partial charge in [-0.25, -0.2) is 0 Å². The van der Waals surface area contributed by atoms with Crippen molar-refractivity contribution >= 4 is 17.5 Å². The number of aryl methyl sites for hydroxylation is 2. The van der Waals surface area contributed by atoms with E-state index < -0.39 is 0 Å². The molecular formula is C20H23N3O2. The molecule has 1 saturated carbocycles. The third-order valence-corrected chi connectivity index (χ3v) is 4.71. The highest BCUT2D eigenvalue weighted by atomic mass is 16.2. The largest absolute Gasteiger partial charge is 0.349 e. The predicted molar refractivity (Wildman–Crippen MR) is 97.8 cm³/mol. The number of amides is 2. The molecule has 0 radical (unpaired) electrons. The summed E-state index contributed by atoms with van der Waals surface area (Å²) in [6.45, 7) is 4.02. The molecular weight excluding hydrogens is 314 g/mol. The highest BCUT2D eigenvalue weighted by Crippen LogP contribution is 2.18. The van der Waals surface area contributed by atoms with Crippen LogP contribution in [-0.4, -0.2) is 22.8 Å². The van der Waals surface area contributed by atoms with Gasteiger partial charge in [-0.2, -0.15) is 0 Å². The summed E-state index contributed by atoms with van der Waals surface area (Å²) in [5.41, 5.74) is 3.69. The molecule has 2 aromatic rings. The van der Waals surface area contributed by atoms with Crippen LogP contribution in [0.5, 0.6) is 0 Å². The second kappa shape index (κ2) is 7.47. The van der Waals surface area contributed by atoms with Crippen LogP contribution in [0.2, 0.25) is 0 Å². The van der Waals surface area contributed by atoms with E-state index in [1.165, 1.54) is 11.8 Å². The first-order valence-electron chi connectivity index (χ1n) is 8.68. The van der Waals surface area contributed by atoms with Gasteiger partial charge < -0.3 is 10.6 Å². The highest BCUT2D eigenvalue weighted by molar-refractivity contribution is 6.04. The SMILES string of the molecule is Cc1ccc(NC(=O)c2cc(C(=O)NC3CCCC3)ccn2)cc1C. The molecule has 0 unspecified atom stereocenters. The van der Waals surface area contributed by atoms with Crippen molar-refractivity contribution in [1.29, 1.82) is 0 Å². The minimum Gasteiger partial charge on any atom is -0.349 e. The number of benzene rings is 1. The Morgan fingerprint density at radius 3 is 2.48 bits per heavy atom. The van der Waals surface area contributed by atoms with Crippen LogP contribution in [0.25, 0.3) is 0 Å². The minimum absolute atomic E-state index is 0.144. The molecule has 1 aromatic heterocycles. The molecule has 1 heterocycles. The van der Waals surface area contributed by atoms with Gasteiger partial charge >= 0.3 is 0 Å². The summed E-state index contributed by atoms with van der Waals surface area (Å²) in [6.07, 6.45) is 5.86. The van der Waals surface area contributed by atoms with Crippen LogP contribution in [0.3, 0.4) is 0 Å². The zero-order valence-corrected chi connectivity index (χ0v) is 14.6. The Balaban J connectivity index is 1.70. The van der Waals surface area contributed by atoms with Crippen molar-refractivity contribution in [1.82, 2.24) is 10.3 Å². The van der Waals surface area contributed by atoms with E-state index in [0.717, 1.165) is 36.9 Å².